The summed E-state index contributed by atoms with van der Waals surface area (Å²) in [6, 6.07) is 0. The fourth-order valence-electron chi connectivity index (χ4n) is 6.06. The van der Waals surface area contributed by atoms with Crippen molar-refractivity contribution in [2.24, 2.45) is 16.2 Å². The molecule has 0 saturated heterocycles. The second-order valence-corrected chi connectivity index (χ2v) is 10.9. The largest absolute Gasteiger partial charge is 0.0888 e. The summed E-state index contributed by atoms with van der Waals surface area (Å²) in [5, 5.41) is 0. The fourth-order valence-corrected chi connectivity index (χ4v) is 8.46. The van der Waals surface area contributed by atoms with Gasteiger partial charge >= 0.3 is 0 Å². The quantitative estimate of drug-likeness (QED) is 0.564. The molecule has 4 aliphatic rings. The summed E-state index contributed by atoms with van der Waals surface area (Å²) >= 11 is 8.02. The average Bonchev–Trinajstić information content (AvgIpc) is 1.92. The van der Waals surface area contributed by atoms with Crippen molar-refractivity contribution in [3.8, 4) is 0 Å². The standard InChI is InChI=1S/C14H22Br2/c1-10(15)13-5-11(2)4-12(3,6-13)8-14(16,7-11)9-13/h10H,4-9H2,1-3H3/t10-,11+,12+,13?,14?/m1/s1. The SMILES string of the molecule is C[C@@H](Br)C12CC3(Br)C[C@](C)(C1)C[C@](C)(C3)C2. The van der Waals surface area contributed by atoms with E-state index < -0.39 is 0 Å². The minimum Gasteiger partial charge on any atom is -0.0888 e. The first-order valence-corrected chi connectivity index (χ1v) is 8.22. The Morgan fingerprint density at radius 3 is 1.75 bits per heavy atom. The average molecular weight is 350 g/mol. The number of alkyl halides is 2. The van der Waals surface area contributed by atoms with E-state index in [2.05, 4.69) is 52.6 Å². The van der Waals surface area contributed by atoms with Gasteiger partial charge in [-0.15, -0.1) is 0 Å². The van der Waals surface area contributed by atoms with E-state index in [1.165, 1.54) is 38.5 Å². The predicted molar refractivity (Wildman–Crippen MR) is 76.4 cm³/mol. The van der Waals surface area contributed by atoms with Gasteiger partial charge in [-0.1, -0.05) is 52.6 Å². The third-order valence-electron chi connectivity index (χ3n) is 5.41. The van der Waals surface area contributed by atoms with E-state index in [0.29, 0.717) is 25.4 Å². The van der Waals surface area contributed by atoms with Crippen LogP contribution in [0.1, 0.15) is 59.3 Å². The molecule has 0 aromatic heterocycles. The highest BCUT2D eigenvalue weighted by Crippen LogP contribution is 2.74. The molecule has 0 heterocycles. The normalized spacial score (nSPS) is 61.3. The fraction of sp³-hybridized carbons (Fsp3) is 1.00. The molecular weight excluding hydrogens is 328 g/mol. The van der Waals surface area contributed by atoms with Crippen LogP contribution in [0.25, 0.3) is 0 Å². The van der Waals surface area contributed by atoms with Crippen molar-refractivity contribution in [1.29, 1.82) is 0 Å². The summed E-state index contributed by atoms with van der Waals surface area (Å²) in [5.41, 5.74) is 1.74. The van der Waals surface area contributed by atoms with Crippen molar-refractivity contribution < 1.29 is 0 Å². The monoisotopic (exact) mass is 348 g/mol. The Kier molecular flexibility index (Phi) is 2.33. The first-order valence-electron chi connectivity index (χ1n) is 6.52. The lowest BCUT2D eigenvalue weighted by molar-refractivity contribution is -0.127. The Hall–Kier alpha value is 0.960. The molecule has 3 atom stereocenters. The molecule has 0 aromatic rings. The van der Waals surface area contributed by atoms with Gasteiger partial charge in [-0.25, -0.2) is 0 Å². The maximum atomic E-state index is 4.11. The van der Waals surface area contributed by atoms with Crippen molar-refractivity contribution in [3.05, 3.63) is 0 Å². The molecule has 0 nitrogen and oxygen atoms in total. The molecular formula is C14H22Br2. The summed E-state index contributed by atoms with van der Waals surface area (Å²) in [7, 11) is 0. The lowest BCUT2D eigenvalue weighted by Gasteiger charge is -2.69. The van der Waals surface area contributed by atoms with Gasteiger partial charge in [0.15, 0.2) is 0 Å². The third-order valence-corrected chi connectivity index (χ3v) is 7.22. The van der Waals surface area contributed by atoms with Crippen molar-refractivity contribution in [3.63, 3.8) is 0 Å². The second-order valence-electron chi connectivity index (χ2n) is 7.81. The Bertz CT molecular complexity index is 280. The van der Waals surface area contributed by atoms with E-state index in [1.54, 1.807) is 0 Å². The van der Waals surface area contributed by atoms with Crippen LogP contribution in [0.5, 0.6) is 0 Å². The van der Waals surface area contributed by atoms with Crippen LogP contribution < -0.4 is 0 Å². The molecule has 0 radical (unpaired) electrons. The van der Waals surface area contributed by atoms with Crippen LogP contribution in [0.4, 0.5) is 0 Å². The molecule has 16 heavy (non-hydrogen) atoms. The molecule has 2 heteroatoms. The van der Waals surface area contributed by atoms with Crippen LogP contribution in [-0.4, -0.2) is 9.15 Å². The van der Waals surface area contributed by atoms with Crippen molar-refractivity contribution in [2.75, 3.05) is 0 Å². The number of halogens is 2. The predicted octanol–water partition coefficient (Wildman–Crippen LogP) is 5.28. The van der Waals surface area contributed by atoms with E-state index in [4.69, 9.17) is 0 Å². The molecule has 0 N–H and O–H groups in total. The smallest absolute Gasteiger partial charge is 0.0274 e. The van der Waals surface area contributed by atoms with E-state index in [9.17, 15) is 0 Å². The summed E-state index contributed by atoms with van der Waals surface area (Å²) in [6.45, 7) is 7.43. The van der Waals surface area contributed by atoms with Crippen LogP contribution in [0.2, 0.25) is 0 Å². The molecule has 4 saturated carbocycles. The molecule has 92 valence electrons. The Balaban J connectivity index is 2.07. The van der Waals surface area contributed by atoms with Crippen LogP contribution in [0.3, 0.4) is 0 Å². The minimum absolute atomic E-state index is 0.452. The zero-order valence-corrected chi connectivity index (χ0v) is 13.7. The van der Waals surface area contributed by atoms with Gasteiger partial charge in [-0.05, 0) is 54.8 Å². The minimum atomic E-state index is 0.452. The molecule has 0 unspecified atom stereocenters. The third kappa shape index (κ3) is 1.58. The molecule has 4 aliphatic carbocycles. The molecule has 0 aromatic carbocycles. The zero-order valence-electron chi connectivity index (χ0n) is 10.6. The molecule has 4 fully saturated rings. The van der Waals surface area contributed by atoms with E-state index >= 15 is 0 Å². The summed E-state index contributed by atoms with van der Waals surface area (Å²) < 4.78 is 0.452. The highest BCUT2D eigenvalue weighted by Gasteiger charge is 2.65. The molecule has 0 aliphatic heterocycles. The molecule has 0 amide bonds. The van der Waals surface area contributed by atoms with Gasteiger partial charge in [0.2, 0.25) is 0 Å². The Morgan fingerprint density at radius 1 is 0.875 bits per heavy atom. The maximum absolute atomic E-state index is 4.11. The van der Waals surface area contributed by atoms with Crippen molar-refractivity contribution >= 4 is 31.9 Å². The highest BCUT2D eigenvalue weighted by molar-refractivity contribution is 9.10. The summed E-state index contributed by atoms with van der Waals surface area (Å²) in [6.07, 6.45) is 8.52. The van der Waals surface area contributed by atoms with Crippen LogP contribution in [-0.2, 0) is 0 Å². The lowest BCUT2D eigenvalue weighted by atomic mass is 9.40. The molecule has 4 rings (SSSR count). The van der Waals surface area contributed by atoms with Crippen LogP contribution in [0, 0.1) is 16.2 Å². The van der Waals surface area contributed by atoms with Gasteiger partial charge in [0.1, 0.15) is 0 Å². The maximum Gasteiger partial charge on any atom is 0.0274 e. The van der Waals surface area contributed by atoms with Crippen molar-refractivity contribution in [1.82, 2.24) is 0 Å². The second kappa shape index (κ2) is 3.10. The van der Waals surface area contributed by atoms with Gasteiger partial charge < -0.3 is 0 Å². The van der Waals surface area contributed by atoms with Crippen LogP contribution >= 0.6 is 31.9 Å². The first-order chi connectivity index (χ1) is 7.19. The summed E-state index contributed by atoms with van der Waals surface area (Å²) in [5.74, 6) is 0. The zero-order chi connectivity index (χ0) is 11.8. The Labute approximate surface area is 116 Å². The van der Waals surface area contributed by atoms with Gasteiger partial charge in [0.05, 0.1) is 0 Å². The Morgan fingerprint density at radius 2 is 1.38 bits per heavy atom. The van der Waals surface area contributed by atoms with E-state index in [0.717, 1.165) is 0 Å². The number of hydrogen-bond acceptors (Lipinski definition) is 0. The van der Waals surface area contributed by atoms with E-state index in [-0.39, 0.29) is 0 Å². The molecule has 4 bridgehead atoms. The number of rotatable bonds is 1. The molecule has 0 spiro atoms. The number of hydrogen-bond donors (Lipinski definition) is 0. The van der Waals surface area contributed by atoms with Gasteiger partial charge in [0.25, 0.3) is 0 Å². The first kappa shape index (κ1) is 12.0. The highest BCUT2D eigenvalue weighted by atomic mass is 79.9. The van der Waals surface area contributed by atoms with Crippen molar-refractivity contribution in [2.45, 2.75) is 68.4 Å². The lowest BCUT2D eigenvalue weighted by Crippen LogP contribution is -2.62. The van der Waals surface area contributed by atoms with Gasteiger partial charge in [-0.3, -0.25) is 0 Å². The topological polar surface area (TPSA) is 0 Å². The van der Waals surface area contributed by atoms with E-state index in [1.807, 2.05) is 0 Å². The van der Waals surface area contributed by atoms with Gasteiger partial charge in [-0.2, -0.15) is 0 Å². The van der Waals surface area contributed by atoms with Crippen LogP contribution in [0.15, 0.2) is 0 Å². The summed E-state index contributed by atoms with van der Waals surface area (Å²) in [4.78, 5) is 0.663. The van der Waals surface area contributed by atoms with Gasteiger partial charge in [0, 0.05) is 9.15 Å².